The standard InChI is InChI=1S/C51H85N3O39/c1-12(62)52-23-15(65)4-51(50(79)80,92-40(23)26(67)16(66)5-55)93-43-30(71)20(9-59)85-49(36(43)77)89-39-25(54-14(3)64)46(82-17(6-56)27(39)68)91-42-29(70)19(8-58)83-47(35(42)76)87-37-22(11-61)86-45(24(31(37)72)53-13(2)63)90-41-28(69)18(7-57)84-48(34(41)75)88-38-21(10-60)81-44(78)33(74)32(38)73/h15-49,55-61,65-78H,4-11H2,1-3H3,(H,52,62)(H,53,63)(H,54,64)(H,79,80)/t15-,16+,17+,18+,19+,20+,21+,22+,23+,24+,25+,26+,27+,28-,29-,30-,31+,32+,33+,34+,35+,36+,37+,38+,39+,40+,41-,42-,43-,44+,45-,46-,47-,48-,49-,51-/m0/s1. The summed E-state index contributed by atoms with van der Waals surface area (Å²) in [6.07, 6.45) is -67.8. The molecule has 7 heterocycles. The lowest BCUT2D eigenvalue weighted by Crippen LogP contribution is -2.72. The van der Waals surface area contributed by atoms with Gasteiger partial charge in [-0.1, -0.05) is 0 Å². The molecule has 538 valence electrons. The van der Waals surface area contributed by atoms with Gasteiger partial charge in [-0.25, -0.2) is 4.79 Å². The second kappa shape index (κ2) is 32.9. The molecule has 0 saturated carbocycles. The third-order valence-corrected chi connectivity index (χ3v) is 16.7. The smallest absolute Gasteiger partial charge is 0.364 e. The topological polar surface area (TPSA) is 669 Å². The third kappa shape index (κ3) is 16.6. The van der Waals surface area contributed by atoms with Crippen molar-refractivity contribution in [3.63, 3.8) is 0 Å². The van der Waals surface area contributed by atoms with Gasteiger partial charge in [-0.2, -0.15) is 0 Å². The summed E-state index contributed by atoms with van der Waals surface area (Å²) < 4.78 is 74.7. The van der Waals surface area contributed by atoms with Gasteiger partial charge in [-0.05, 0) is 0 Å². The number of hydrogen-bond acceptors (Lipinski definition) is 38. The van der Waals surface area contributed by atoms with Crippen LogP contribution in [0.25, 0.3) is 0 Å². The summed E-state index contributed by atoms with van der Waals surface area (Å²) in [6.45, 7) is -4.89. The van der Waals surface area contributed by atoms with Crippen LogP contribution in [-0.2, 0) is 80.8 Å². The Morgan fingerprint density at radius 2 is 0.774 bits per heavy atom. The molecule has 0 aromatic rings. The van der Waals surface area contributed by atoms with Crippen LogP contribution < -0.4 is 16.0 Å². The number of carboxylic acids is 1. The van der Waals surface area contributed by atoms with Crippen molar-refractivity contribution in [3.05, 3.63) is 0 Å². The molecule has 42 heteroatoms. The maximum Gasteiger partial charge on any atom is 0.364 e. The minimum absolute atomic E-state index is 0.852. The van der Waals surface area contributed by atoms with Crippen molar-refractivity contribution in [2.45, 2.75) is 248 Å². The Bertz CT molecular complexity index is 2420. The van der Waals surface area contributed by atoms with Crippen LogP contribution in [0.3, 0.4) is 0 Å². The summed E-state index contributed by atoms with van der Waals surface area (Å²) in [4.78, 5) is 51.0. The second-order valence-corrected chi connectivity index (χ2v) is 23.2. The van der Waals surface area contributed by atoms with E-state index in [9.17, 15) is 132 Å². The number of aliphatic carboxylic acids is 1. The van der Waals surface area contributed by atoms with Gasteiger partial charge in [0.05, 0.1) is 58.4 Å². The first-order valence-electron chi connectivity index (χ1n) is 29.3. The fraction of sp³-hybridized carbons (Fsp3) is 0.922. The lowest BCUT2D eigenvalue weighted by atomic mass is 9.88. The van der Waals surface area contributed by atoms with E-state index in [2.05, 4.69) is 16.0 Å². The zero-order valence-electron chi connectivity index (χ0n) is 49.6. The Morgan fingerprint density at radius 3 is 1.22 bits per heavy atom. The molecule has 7 saturated heterocycles. The number of amides is 3. The van der Waals surface area contributed by atoms with Crippen LogP contribution >= 0.6 is 0 Å². The van der Waals surface area contributed by atoms with Crippen molar-refractivity contribution in [1.29, 1.82) is 0 Å². The maximum atomic E-state index is 13.1. The van der Waals surface area contributed by atoms with E-state index in [4.69, 9.17) is 61.6 Å². The molecule has 0 unspecified atom stereocenters. The van der Waals surface area contributed by atoms with Crippen LogP contribution in [0.4, 0.5) is 0 Å². The van der Waals surface area contributed by atoms with Crippen molar-refractivity contribution in [1.82, 2.24) is 16.0 Å². The lowest BCUT2D eigenvalue weighted by molar-refractivity contribution is -0.391. The Morgan fingerprint density at radius 1 is 0.419 bits per heavy atom. The van der Waals surface area contributed by atoms with E-state index < -0.39 is 297 Å². The summed E-state index contributed by atoms with van der Waals surface area (Å²) in [7, 11) is 0. The normalized spacial score (nSPS) is 47.2. The van der Waals surface area contributed by atoms with E-state index in [1.807, 2.05) is 0 Å². The minimum Gasteiger partial charge on any atom is -0.477 e. The number of ether oxygens (including phenoxy) is 13. The van der Waals surface area contributed by atoms with Crippen molar-refractivity contribution in [2.24, 2.45) is 0 Å². The van der Waals surface area contributed by atoms with Crippen molar-refractivity contribution in [2.75, 3.05) is 46.2 Å². The first-order chi connectivity index (χ1) is 43.8. The summed E-state index contributed by atoms with van der Waals surface area (Å²) in [6, 6.07) is -5.56. The van der Waals surface area contributed by atoms with E-state index in [0.29, 0.717) is 0 Å². The Kier molecular flexibility index (Phi) is 27.2. The number of rotatable bonds is 25. The van der Waals surface area contributed by atoms with Gasteiger partial charge in [0.2, 0.25) is 17.7 Å². The molecular weight excluding hydrogens is 1280 g/mol. The molecule has 7 aliphatic rings. The first kappa shape index (κ1) is 76.9. The fourth-order valence-corrected chi connectivity index (χ4v) is 11.9. The van der Waals surface area contributed by atoms with Gasteiger partial charge in [-0.3, -0.25) is 14.4 Å². The number of aliphatic hydroxyl groups excluding tert-OH is 21. The SMILES string of the molecule is CC(=O)N[C@H]1[C@H](O[C@H]2[C@@H](O)[C@@H](CO)O[C@@H](O[C@H]3[C@H](O)[C@@H](O)[C@H](O)O[C@@H]3CO)[C@@H]2O)O[C@H](CO)[C@@H](O[C@@H]2O[C@H](CO)[C@H](O)[C@H](O[C@@H]3O[C@H](CO)[C@@H](O)[C@H](O[C@@H]4O[C@H](CO)[C@H](O)[C@H](O[C@]5(C(=O)O)C[C@H](O)[C@@H](NC(C)=O)[C@H]([C@H](O)[C@H](O)CO)O5)[C@H]4O)[C@H]3NC(C)=O)[C@H]2O)[C@@H]1O. The van der Waals surface area contributed by atoms with E-state index in [1.165, 1.54) is 0 Å². The minimum atomic E-state index is -3.26. The molecule has 93 heavy (non-hydrogen) atoms. The highest BCUT2D eigenvalue weighted by Crippen LogP contribution is 2.41. The van der Waals surface area contributed by atoms with E-state index in [1.54, 1.807) is 0 Å². The van der Waals surface area contributed by atoms with Gasteiger partial charge in [0.15, 0.2) is 37.7 Å². The van der Waals surface area contributed by atoms with Crippen molar-refractivity contribution < 1.29 is 193 Å². The van der Waals surface area contributed by atoms with Gasteiger partial charge in [-0.15, -0.1) is 0 Å². The van der Waals surface area contributed by atoms with Gasteiger partial charge in [0.1, 0.15) is 165 Å². The number of aliphatic hydroxyl groups is 21. The molecule has 42 nitrogen and oxygen atoms in total. The average Bonchev–Trinajstić information content (AvgIpc) is 0.769. The summed E-state index contributed by atoms with van der Waals surface area (Å²) in [5, 5.41) is 246. The average molecular weight is 1360 g/mol. The fourth-order valence-electron chi connectivity index (χ4n) is 11.9. The summed E-state index contributed by atoms with van der Waals surface area (Å²) in [5.74, 6) is -8.13. The van der Waals surface area contributed by atoms with Gasteiger partial charge in [0, 0.05) is 27.2 Å². The number of carbonyl (C=O) groups is 4. The lowest BCUT2D eigenvalue weighted by Gasteiger charge is -2.51. The van der Waals surface area contributed by atoms with Crippen LogP contribution in [0.2, 0.25) is 0 Å². The number of hydrogen-bond donors (Lipinski definition) is 25. The number of carbonyl (C=O) groups excluding carboxylic acids is 3. The Balaban J connectivity index is 1.13. The van der Waals surface area contributed by atoms with E-state index in [-0.39, 0.29) is 0 Å². The van der Waals surface area contributed by atoms with E-state index >= 15 is 0 Å². The monoisotopic (exact) mass is 1360 g/mol. The van der Waals surface area contributed by atoms with Crippen LogP contribution in [0.15, 0.2) is 0 Å². The second-order valence-electron chi connectivity index (χ2n) is 23.2. The maximum absolute atomic E-state index is 13.1. The van der Waals surface area contributed by atoms with Gasteiger partial charge in [0.25, 0.3) is 5.79 Å². The van der Waals surface area contributed by atoms with Crippen LogP contribution in [0.5, 0.6) is 0 Å². The predicted molar refractivity (Wildman–Crippen MR) is 284 cm³/mol. The molecule has 7 aliphatic heterocycles. The van der Waals surface area contributed by atoms with Crippen LogP contribution in [0.1, 0.15) is 27.2 Å². The quantitative estimate of drug-likeness (QED) is 0.0404. The van der Waals surface area contributed by atoms with Crippen molar-refractivity contribution >= 4 is 23.7 Å². The molecule has 3 amide bonds. The summed E-state index contributed by atoms with van der Waals surface area (Å²) >= 11 is 0. The zero-order chi connectivity index (χ0) is 69.0. The molecular formula is C51H85N3O39. The Hall–Kier alpha value is -3.48. The molecule has 0 bridgehead atoms. The molecule has 0 aromatic heterocycles. The largest absolute Gasteiger partial charge is 0.477 e. The molecule has 36 atom stereocenters. The Labute approximate surface area is 525 Å². The highest BCUT2D eigenvalue weighted by atomic mass is 16.8. The first-order valence-corrected chi connectivity index (χ1v) is 29.3. The van der Waals surface area contributed by atoms with Crippen LogP contribution in [-0.4, -0.2) is 403 Å². The molecule has 0 aliphatic carbocycles. The van der Waals surface area contributed by atoms with Gasteiger partial charge < -0.3 is 190 Å². The molecule has 7 fully saturated rings. The molecule has 0 spiro atoms. The predicted octanol–water partition coefficient (Wildman–Crippen LogP) is -16.6. The van der Waals surface area contributed by atoms with Crippen molar-refractivity contribution in [3.8, 4) is 0 Å². The number of nitrogens with one attached hydrogen (secondary N) is 3. The number of carboxylic acid groups (broad SMARTS) is 1. The van der Waals surface area contributed by atoms with E-state index in [0.717, 1.165) is 20.8 Å². The van der Waals surface area contributed by atoms with Crippen LogP contribution in [0, 0.1) is 0 Å². The molecule has 7 rings (SSSR count). The summed E-state index contributed by atoms with van der Waals surface area (Å²) in [5.41, 5.74) is 0. The molecule has 0 radical (unpaired) electrons. The molecule has 0 aromatic carbocycles. The zero-order valence-corrected chi connectivity index (χ0v) is 49.6. The molecule has 25 N–H and O–H groups in total. The highest BCUT2D eigenvalue weighted by molar-refractivity contribution is 5.77. The highest BCUT2D eigenvalue weighted by Gasteiger charge is 2.62. The van der Waals surface area contributed by atoms with Gasteiger partial charge >= 0.3 is 5.97 Å². The third-order valence-electron chi connectivity index (χ3n) is 16.7.